The number of ketones is 1. The monoisotopic (exact) mass is 318 g/mol. The zero-order chi connectivity index (χ0) is 10.6. The maximum Gasteiger partial charge on any atom is 0.176 e. The van der Waals surface area contributed by atoms with Crippen LogP contribution >= 0.6 is 31.9 Å². The third-order valence-electron chi connectivity index (χ3n) is 1.87. The first kappa shape index (κ1) is 11.9. The Hall–Kier alpha value is -0.150. The van der Waals surface area contributed by atoms with Crippen molar-refractivity contribution in [1.82, 2.24) is 0 Å². The van der Waals surface area contributed by atoms with Gasteiger partial charge in [0.25, 0.3) is 0 Å². The van der Waals surface area contributed by atoms with Crippen LogP contribution in [0.15, 0.2) is 30.3 Å². The van der Waals surface area contributed by atoms with E-state index in [0.29, 0.717) is 4.83 Å². The van der Waals surface area contributed by atoms with Crippen molar-refractivity contribution in [2.75, 3.05) is 0 Å². The van der Waals surface area contributed by atoms with E-state index < -0.39 is 0 Å². The van der Waals surface area contributed by atoms with E-state index in [1.165, 1.54) is 0 Å². The van der Waals surface area contributed by atoms with E-state index in [0.717, 1.165) is 12.0 Å². The molecule has 0 fully saturated rings. The van der Waals surface area contributed by atoms with Crippen molar-refractivity contribution < 1.29 is 4.79 Å². The molecule has 0 saturated heterocycles. The van der Waals surface area contributed by atoms with Gasteiger partial charge in [0.2, 0.25) is 0 Å². The average molecular weight is 320 g/mol. The number of alkyl halides is 2. The molecule has 3 heteroatoms. The fourth-order valence-corrected chi connectivity index (χ4v) is 2.88. The number of halogens is 2. The molecule has 14 heavy (non-hydrogen) atoms. The SMILES string of the molecule is CC(Br)CC(Br)C(=O)c1ccccc1. The van der Waals surface area contributed by atoms with Crippen molar-refractivity contribution in [3.8, 4) is 0 Å². The molecule has 0 aliphatic heterocycles. The van der Waals surface area contributed by atoms with E-state index in [-0.39, 0.29) is 10.6 Å². The van der Waals surface area contributed by atoms with Crippen LogP contribution < -0.4 is 0 Å². The lowest BCUT2D eigenvalue weighted by molar-refractivity contribution is 0.0989. The zero-order valence-electron chi connectivity index (χ0n) is 7.91. The molecule has 1 rings (SSSR count). The van der Waals surface area contributed by atoms with Crippen LogP contribution in [0.3, 0.4) is 0 Å². The van der Waals surface area contributed by atoms with Crippen LogP contribution in [0.5, 0.6) is 0 Å². The number of hydrogen-bond donors (Lipinski definition) is 0. The Balaban J connectivity index is 2.66. The minimum Gasteiger partial charge on any atom is -0.293 e. The zero-order valence-corrected chi connectivity index (χ0v) is 11.1. The molecule has 0 aliphatic rings. The number of rotatable bonds is 4. The number of benzene rings is 1. The van der Waals surface area contributed by atoms with E-state index >= 15 is 0 Å². The van der Waals surface area contributed by atoms with E-state index in [1.807, 2.05) is 37.3 Å². The van der Waals surface area contributed by atoms with Gasteiger partial charge in [-0.05, 0) is 6.42 Å². The summed E-state index contributed by atoms with van der Waals surface area (Å²) in [6.07, 6.45) is 0.799. The summed E-state index contributed by atoms with van der Waals surface area (Å²) in [6.45, 7) is 2.03. The second-order valence-corrected chi connectivity index (χ2v) is 5.88. The van der Waals surface area contributed by atoms with Crippen molar-refractivity contribution >= 4 is 37.6 Å². The topological polar surface area (TPSA) is 17.1 Å². The largest absolute Gasteiger partial charge is 0.293 e. The molecule has 0 heterocycles. The first-order valence-electron chi connectivity index (χ1n) is 4.48. The fraction of sp³-hybridized carbons (Fsp3) is 0.364. The van der Waals surface area contributed by atoms with Gasteiger partial charge in [-0.15, -0.1) is 0 Å². The van der Waals surface area contributed by atoms with E-state index in [4.69, 9.17) is 0 Å². The highest BCUT2D eigenvalue weighted by molar-refractivity contribution is 9.10. The molecule has 0 aliphatic carbocycles. The number of carbonyl (C=O) groups excluding carboxylic acids is 1. The van der Waals surface area contributed by atoms with Gasteiger partial charge in [-0.3, -0.25) is 4.79 Å². The molecule has 0 aromatic heterocycles. The van der Waals surface area contributed by atoms with Gasteiger partial charge in [-0.25, -0.2) is 0 Å². The van der Waals surface area contributed by atoms with Crippen LogP contribution in [0.4, 0.5) is 0 Å². The predicted molar refractivity (Wildman–Crippen MR) is 66.5 cm³/mol. The number of carbonyl (C=O) groups is 1. The first-order chi connectivity index (χ1) is 6.61. The van der Waals surface area contributed by atoms with Gasteiger partial charge in [-0.2, -0.15) is 0 Å². The van der Waals surface area contributed by atoms with Gasteiger partial charge in [0.05, 0.1) is 4.83 Å². The minimum atomic E-state index is -0.0979. The van der Waals surface area contributed by atoms with Gasteiger partial charge >= 0.3 is 0 Å². The summed E-state index contributed by atoms with van der Waals surface area (Å²) >= 11 is 6.83. The molecule has 0 amide bonds. The lowest BCUT2D eigenvalue weighted by Crippen LogP contribution is -2.17. The summed E-state index contributed by atoms with van der Waals surface area (Å²) in [4.78, 5) is 12.1. The van der Waals surface area contributed by atoms with Crippen molar-refractivity contribution in [3.05, 3.63) is 35.9 Å². The maximum atomic E-state index is 11.8. The summed E-state index contributed by atoms with van der Waals surface area (Å²) in [5.41, 5.74) is 0.766. The average Bonchev–Trinajstić information content (AvgIpc) is 2.17. The van der Waals surface area contributed by atoms with Gasteiger partial charge in [-0.1, -0.05) is 69.1 Å². The normalized spacial score (nSPS) is 14.8. The van der Waals surface area contributed by atoms with E-state index in [2.05, 4.69) is 31.9 Å². The van der Waals surface area contributed by atoms with Crippen LogP contribution in [0.2, 0.25) is 0 Å². The second kappa shape index (κ2) is 5.66. The first-order valence-corrected chi connectivity index (χ1v) is 6.32. The van der Waals surface area contributed by atoms with Crippen molar-refractivity contribution in [1.29, 1.82) is 0 Å². The lowest BCUT2D eigenvalue weighted by Gasteiger charge is -2.09. The Bertz CT molecular complexity index is 295. The Kier molecular flexibility index (Phi) is 4.82. The van der Waals surface area contributed by atoms with Crippen LogP contribution in [-0.4, -0.2) is 15.4 Å². The van der Waals surface area contributed by atoms with Gasteiger partial charge in [0, 0.05) is 10.4 Å². The molecule has 1 nitrogen and oxygen atoms in total. The Morgan fingerprint density at radius 3 is 2.36 bits per heavy atom. The van der Waals surface area contributed by atoms with Gasteiger partial charge in [0.1, 0.15) is 0 Å². The molecule has 0 spiro atoms. The molecule has 0 saturated carbocycles. The third-order valence-corrected chi connectivity index (χ3v) is 3.04. The molecular formula is C11H12Br2O. The molecular weight excluding hydrogens is 308 g/mol. The predicted octanol–water partition coefficient (Wildman–Crippen LogP) is 3.81. The summed E-state index contributed by atoms with van der Waals surface area (Å²) in [5.74, 6) is 0.150. The summed E-state index contributed by atoms with van der Waals surface area (Å²) in [5, 5.41) is 0. The quantitative estimate of drug-likeness (QED) is 0.609. The van der Waals surface area contributed by atoms with E-state index in [1.54, 1.807) is 0 Å². The standard InChI is InChI=1S/C11H12Br2O/c1-8(12)7-10(13)11(14)9-5-3-2-4-6-9/h2-6,8,10H,7H2,1H3. The second-order valence-electron chi connectivity index (χ2n) is 3.21. The summed E-state index contributed by atoms with van der Waals surface area (Å²) in [7, 11) is 0. The minimum absolute atomic E-state index is 0.0979. The number of hydrogen-bond acceptors (Lipinski definition) is 1. The van der Waals surface area contributed by atoms with E-state index in [9.17, 15) is 4.79 Å². The van der Waals surface area contributed by atoms with Crippen LogP contribution in [0.1, 0.15) is 23.7 Å². The van der Waals surface area contributed by atoms with Crippen molar-refractivity contribution in [3.63, 3.8) is 0 Å². The van der Waals surface area contributed by atoms with Gasteiger partial charge in [0.15, 0.2) is 5.78 Å². The van der Waals surface area contributed by atoms with Crippen LogP contribution in [0, 0.1) is 0 Å². The van der Waals surface area contributed by atoms with Crippen molar-refractivity contribution in [2.24, 2.45) is 0 Å². The molecule has 2 unspecified atom stereocenters. The van der Waals surface area contributed by atoms with Gasteiger partial charge < -0.3 is 0 Å². The molecule has 0 N–H and O–H groups in total. The Morgan fingerprint density at radius 1 is 1.29 bits per heavy atom. The van der Waals surface area contributed by atoms with Crippen LogP contribution in [-0.2, 0) is 0 Å². The van der Waals surface area contributed by atoms with Crippen LogP contribution in [0.25, 0.3) is 0 Å². The highest BCUT2D eigenvalue weighted by atomic mass is 79.9. The Labute approximate surface area is 101 Å². The smallest absolute Gasteiger partial charge is 0.176 e. The highest BCUT2D eigenvalue weighted by Gasteiger charge is 2.17. The molecule has 0 bridgehead atoms. The molecule has 1 aromatic rings. The lowest BCUT2D eigenvalue weighted by atomic mass is 10.1. The molecule has 76 valence electrons. The molecule has 2 atom stereocenters. The number of Topliss-reactive ketones (excluding diaryl/α,β-unsaturated/α-hetero) is 1. The summed E-state index contributed by atoms with van der Waals surface area (Å²) in [6, 6.07) is 9.35. The van der Waals surface area contributed by atoms with Crippen molar-refractivity contribution in [2.45, 2.75) is 23.0 Å². The Morgan fingerprint density at radius 2 is 1.86 bits per heavy atom. The fourth-order valence-electron chi connectivity index (χ4n) is 1.18. The molecule has 1 aromatic carbocycles. The maximum absolute atomic E-state index is 11.8. The highest BCUT2D eigenvalue weighted by Crippen LogP contribution is 2.18. The third kappa shape index (κ3) is 3.54. The summed E-state index contributed by atoms with van der Waals surface area (Å²) < 4.78 is 0. The molecule has 0 radical (unpaired) electrons.